The molecule has 0 fully saturated rings. The number of benzene rings is 2. The fourth-order valence-corrected chi connectivity index (χ4v) is 3.35. The zero-order chi connectivity index (χ0) is 20.9. The molecule has 0 aromatic heterocycles. The molecule has 29 heavy (non-hydrogen) atoms. The second-order valence-corrected chi connectivity index (χ2v) is 7.64. The Hall–Kier alpha value is -2.47. The van der Waals surface area contributed by atoms with E-state index in [1.54, 1.807) is 23.6 Å². The van der Waals surface area contributed by atoms with Gasteiger partial charge in [-0.3, -0.25) is 0 Å². The first-order chi connectivity index (χ1) is 14.1. The minimum absolute atomic E-state index is 0.232. The van der Waals surface area contributed by atoms with Crippen LogP contribution in [0.3, 0.4) is 0 Å². The largest absolute Gasteiger partial charge is 0.464 e. The molecule has 2 aromatic carbocycles. The van der Waals surface area contributed by atoms with Crippen LogP contribution < -0.4 is 5.32 Å². The van der Waals surface area contributed by atoms with Crippen LogP contribution in [0, 0.1) is 0 Å². The molecule has 0 aliphatic heterocycles. The number of carbonyl (C=O) groups excluding carboxylic acids is 2. The zero-order valence-electron chi connectivity index (χ0n) is 17.2. The van der Waals surface area contributed by atoms with Gasteiger partial charge in [-0.1, -0.05) is 60.7 Å². The standard InChI is InChI=1S/C23H30N2O3S/c1-3-28-22(26)21(18-20-12-8-5-9-13-20)24-23(27)25(16-17-29-2)15-14-19-10-6-4-7-11-19/h4-13,21H,3,14-18H2,1-2H3,(H,24,27)/t21-/m0/s1. The van der Waals surface area contributed by atoms with E-state index in [4.69, 9.17) is 4.74 Å². The molecule has 0 spiro atoms. The number of rotatable bonds is 11. The van der Waals surface area contributed by atoms with E-state index < -0.39 is 12.0 Å². The van der Waals surface area contributed by atoms with Gasteiger partial charge in [-0.25, -0.2) is 9.59 Å². The molecule has 0 aliphatic carbocycles. The highest BCUT2D eigenvalue weighted by Crippen LogP contribution is 2.08. The van der Waals surface area contributed by atoms with E-state index in [0.717, 1.165) is 17.7 Å². The van der Waals surface area contributed by atoms with E-state index in [9.17, 15) is 9.59 Å². The van der Waals surface area contributed by atoms with Crippen LogP contribution in [0.5, 0.6) is 0 Å². The molecular weight excluding hydrogens is 384 g/mol. The number of esters is 1. The van der Waals surface area contributed by atoms with Crippen LogP contribution in [0.25, 0.3) is 0 Å². The number of carbonyl (C=O) groups is 2. The summed E-state index contributed by atoms with van der Waals surface area (Å²) >= 11 is 1.69. The summed E-state index contributed by atoms with van der Waals surface area (Å²) in [6.07, 6.45) is 3.19. The summed E-state index contributed by atoms with van der Waals surface area (Å²) in [5.41, 5.74) is 2.16. The van der Waals surface area contributed by atoms with Crippen LogP contribution >= 0.6 is 11.8 Å². The van der Waals surface area contributed by atoms with Crippen molar-refractivity contribution in [2.24, 2.45) is 0 Å². The summed E-state index contributed by atoms with van der Waals surface area (Å²) in [5.74, 6) is 0.433. The van der Waals surface area contributed by atoms with Gasteiger partial charge >= 0.3 is 12.0 Å². The lowest BCUT2D eigenvalue weighted by molar-refractivity contribution is -0.145. The molecule has 0 bridgehead atoms. The monoisotopic (exact) mass is 414 g/mol. The molecule has 0 radical (unpaired) electrons. The number of urea groups is 1. The highest BCUT2D eigenvalue weighted by molar-refractivity contribution is 7.98. The van der Waals surface area contributed by atoms with Crippen molar-refractivity contribution in [2.45, 2.75) is 25.8 Å². The Morgan fingerprint density at radius 2 is 1.62 bits per heavy atom. The Morgan fingerprint density at radius 3 is 2.21 bits per heavy atom. The third kappa shape index (κ3) is 8.20. The van der Waals surface area contributed by atoms with Crippen molar-refractivity contribution < 1.29 is 14.3 Å². The first kappa shape index (κ1) is 22.8. The number of ether oxygens (including phenoxy) is 1. The number of nitrogens with zero attached hydrogens (tertiary/aromatic N) is 1. The number of nitrogens with one attached hydrogen (secondary N) is 1. The first-order valence-electron chi connectivity index (χ1n) is 9.93. The molecule has 0 unspecified atom stereocenters. The minimum atomic E-state index is -0.710. The summed E-state index contributed by atoms with van der Waals surface area (Å²) in [4.78, 5) is 27.2. The summed E-state index contributed by atoms with van der Waals surface area (Å²) < 4.78 is 5.19. The molecule has 1 N–H and O–H groups in total. The maximum Gasteiger partial charge on any atom is 0.329 e. The molecule has 0 saturated carbocycles. The van der Waals surface area contributed by atoms with Gasteiger partial charge in [0, 0.05) is 25.3 Å². The Bertz CT molecular complexity index is 740. The highest BCUT2D eigenvalue weighted by atomic mass is 32.2. The second kappa shape index (κ2) is 12.9. The Labute approximate surface area is 177 Å². The van der Waals surface area contributed by atoms with Gasteiger partial charge in [0.1, 0.15) is 6.04 Å². The average molecular weight is 415 g/mol. The van der Waals surface area contributed by atoms with E-state index in [2.05, 4.69) is 17.4 Å². The lowest BCUT2D eigenvalue weighted by Gasteiger charge is -2.26. The predicted molar refractivity (Wildman–Crippen MR) is 119 cm³/mol. The van der Waals surface area contributed by atoms with E-state index in [1.165, 1.54) is 5.56 Å². The molecule has 2 aromatic rings. The van der Waals surface area contributed by atoms with Gasteiger partial charge in [0.2, 0.25) is 0 Å². The van der Waals surface area contributed by atoms with Gasteiger partial charge in [-0.15, -0.1) is 0 Å². The molecule has 2 amide bonds. The average Bonchev–Trinajstić information content (AvgIpc) is 2.75. The molecule has 0 saturated heterocycles. The van der Waals surface area contributed by atoms with Crippen molar-refractivity contribution in [1.29, 1.82) is 0 Å². The van der Waals surface area contributed by atoms with E-state index in [-0.39, 0.29) is 12.6 Å². The Kier molecular flexibility index (Phi) is 10.1. The maximum absolute atomic E-state index is 13.0. The molecule has 6 heteroatoms. The lowest BCUT2D eigenvalue weighted by Crippen LogP contribution is -2.50. The summed E-state index contributed by atoms with van der Waals surface area (Å²) in [6.45, 7) is 3.27. The fourth-order valence-electron chi connectivity index (χ4n) is 2.95. The molecule has 2 rings (SSSR count). The van der Waals surface area contributed by atoms with Crippen molar-refractivity contribution in [1.82, 2.24) is 10.2 Å². The van der Waals surface area contributed by atoms with Crippen LogP contribution in [0.2, 0.25) is 0 Å². The van der Waals surface area contributed by atoms with Gasteiger partial charge < -0.3 is 15.0 Å². The fraction of sp³-hybridized carbons (Fsp3) is 0.391. The van der Waals surface area contributed by atoms with E-state index >= 15 is 0 Å². The Balaban J connectivity index is 2.05. The summed E-state index contributed by atoms with van der Waals surface area (Å²) in [7, 11) is 0. The normalized spacial score (nSPS) is 11.5. The zero-order valence-corrected chi connectivity index (χ0v) is 18.0. The Morgan fingerprint density at radius 1 is 1.00 bits per heavy atom. The minimum Gasteiger partial charge on any atom is -0.464 e. The predicted octanol–water partition coefficient (Wildman–Crippen LogP) is 3.78. The van der Waals surface area contributed by atoms with Gasteiger partial charge in [-0.05, 0) is 30.7 Å². The second-order valence-electron chi connectivity index (χ2n) is 6.66. The van der Waals surface area contributed by atoms with Gasteiger partial charge in [0.25, 0.3) is 0 Å². The van der Waals surface area contributed by atoms with Gasteiger partial charge in [0.15, 0.2) is 0 Å². The third-order valence-electron chi connectivity index (χ3n) is 4.52. The van der Waals surface area contributed by atoms with Gasteiger partial charge in [0.05, 0.1) is 6.61 Å². The molecule has 0 aliphatic rings. The highest BCUT2D eigenvalue weighted by Gasteiger charge is 2.25. The molecule has 0 heterocycles. The quantitative estimate of drug-likeness (QED) is 0.569. The van der Waals surface area contributed by atoms with Crippen LogP contribution in [0.15, 0.2) is 60.7 Å². The maximum atomic E-state index is 13.0. The number of amides is 2. The van der Waals surface area contributed by atoms with Crippen molar-refractivity contribution in [2.75, 3.05) is 31.7 Å². The van der Waals surface area contributed by atoms with Crippen LogP contribution in [-0.4, -0.2) is 54.6 Å². The van der Waals surface area contributed by atoms with Crippen molar-refractivity contribution in [3.63, 3.8) is 0 Å². The van der Waals surface area contributed by atoms with Gasteiger partial charge in [-0.2, -0.15) is 11.8 Å². The first-order valence-corrected chi connectivity index (χ1v) is 11.3. The third-order valence-corrected chi connectivity index (χ3v) is 5.11. The van der Waals surface area contributed by atoms with Crippen molar-refractivity contribution in [3.8, 4) is 0 Å². The molecule has 5 nitrogen and oxygen atoms in total. The van der Waals surface area contributed by atoms with Crippen LogP contribution in [0.4, 0.5) is 4.79 Å². The molecular formula is C23H30N2O3S. The molecule has 156 valence electrons. The molecule has 1 atom stereocenters. The summed E-state index contributed by atoms with van der Waals surface area (Å²) in [6, 6.07) is 18.8. The smallest absolute Gasteiger partial charge is 0.329 e. The van der Waals surface area contributed by atoms with Crippen LogP contribution in [0.1, 0.15) is 18.1 Å². The topological polar surface area (TPSA) is 58.6 Å². The number of thioether (sulfide) groups is 1. The van der Waals surface area contributed by atoms with Crippen molar-refractivity contribution in [3.05, 3.63) is 71.8 Å². The van der Waals surface area contributed by atoms with E-state index in [1.807, 2.05) is 54.8 Å². The lowest BCUT2D eigenvalue weighted by atomic mass is 10.1. The van der Waals surface area contributed by atoms with Crippen LogP contribution in [-0.2, 0) is 22.4 Å². The van der Waals surface area contributed by atoms with Crippen molar-refractivity contribution >= 4 is 23.8 Å². The SMILES string of the molecule is CCOC(=O)[C@H](Cc1ccccc1)NC(=O)N(CCSC)CCc1ccccc1. The van der Waals surface area contributed by atoms with E-state index in [0.29, 0.717) is 19.5 Å². The summed E-state index contributed by atoms with van der Waals surface area (Å²) in [5, 5.41) is 2.90. The number of hydrogen-bond acceptors (Lipinski definition) is 4. The number of hydrogen-bond donors (Lipinski definition) is 1.